The van der Waals surface area contributed by atoms with E-state index in [1.807, 2.05) is 13.1 Å². The highest BCUT2D eigenvalue weighted by atomic mass is 19.1. The first-order valence-corrected chi connectivity index (χ1v) is 6.35. The Labute approximate surface area is 104 Å². The van der Waals surface area contributed by atoms with Crippen molar-refractivity contribution in [1.29, 1.82) is 0 Å². The molecule has 0 aliphatic carbocycles. The van der Waals surface area contributed by atoms with Crippen LogP contribution < -0.4 is 5.32 Å². The van der Waals surface area contributed by atoms with Gasteiger partial charge in [0.25, 0.3) is 0 Å². The van der Waals surface area contributed by atoms with E-state index in [0.29, 0.717) is 6.04 Å². The van der Waals surface area contributed by atoms with Gasteiger partial charge in [-0.05, 0) is 49.4 Å². The van der Waals surface area contributed by atoms with E-state index in [9.17, 15) is 4.39 Å². The van der Waals surface area contributed by atoms with Crippen LogP contribution in [0.2, 0.25) is 0 Å². The van der Waals surface area contributed by atoms with Crippen molar-refractivity contribution in [2.24, 2.45) is 5.41 Å². The standard InChI is InChI=1S/C15H24FN/c1-15(2,3)14(17-4)10-6-8-12-7-5-9-13(16)11-12/h5,7,9,11,14,17H,6,8,10H2,1-4H3. The van der Waals surface area contributed by atoms with Crippen molar-refractivity contribution in [3.8, 4) is 0 Å². The van der Waals surface area contributed by atoms with Gasteiger partial charge in [0.2, 0.25) is 0 Å². The van der Waals surface area contributed by atoms with Gasteiger partial charge < -0.3 is 5.32 Å². The Hall–Kier alpha value is -0.890. The monoisotopic (exact) mass is 237 g/mol. The maximum atomic E-state index is 13.0. The fourth-order valence-electron chi connectivity index (χ4n) is 2.21. The summed E-state index contributed by atoms with van der Waals surface area (Å²) in [6, 6.07) is 7.41. The molecule has 1 aromatic rings. The zero-order valence-electron chi connectivity index (χ0n) is 11.4. The van der Waals surface area contributed by atoms with E-state index in [4.69, 9.17) is 0 Å². The van der Waals surface area contributed by atoms with E-state index in [2.05, 4.69) is 26.1 Å². The van der Waals surface area contributed by atoms with Crippen LogP contribution in [-0.4, -0.2) is 13.1 Å². The molecule has 1 rings (SSSR count). The molecule has 0 fully saturated rings. The summed E-state index contributed by atoms with van der Waals surface area (Å²) in [6.07, 6.45) is 3.16. The average molecular weight is 237 g/mol. The van der Waals surface area contributed by atoms with Gasteiger partial charge in [-0.1, -0.05) is 32.9 Å². The van der Waals surface area contributed by atoms with Gasteiger partial charge in [-0.25, -0.2) is 4.39 Å². The second-order valence-electron chi connectivity index (χ2n) is 5.73. The summed E-state index contributed by atoms with van der Waals surface area (Å²) in [5.74, 6) is -0.136. The van der Waals surface area contributed by atoms with Crippen LogP contribution in [0.15, 0.2) is 24.3 Å². The fraction of sp³-hybridized carbons (Fsp3) is 0.600. The zero-order valence-corrected chi connectivity index (χ0v) is 11.4. The van der Waals surface area contributed by atoms with E-state index in [-0.39, 0.29) is 11.2 Å². The van der Waals surface area contributed by atoms with Crippen molar-refractivity contribution in [3.05, 3.63) is 35.6 Å². The Balaban J connectivity index is 2.42. The molecule has 1 unspecified atom stereocenters. The fourth-order valence-corrected chi connectivity index (χ4v) is 2.21. The highest BCUT2D eigenvalue weighted by Gasteiger charge is 2.21. The number of aryl methyl sites for hydroxylation is 1. The van der Waals surface area contributed by atoms with E-state index in [0.717, 1.165) is 24.8 Å². The van der Waals surface area contributed by atoms with E-state index in [1.165, 1.54) is 6.07 Å². The van der Waals surface area contributed by atoms with Crippen LogP contribution in [0.1, 0.15) is 39.2 Å². The first-order valence-electron chi connectivity index (χ1n) is 6.35. The lowest BCUT2D eigenvalue weighted by molar-refractivity contribution is 0.263. The number of halogens is 1. The van der Waals surface area contributed by atoms with Gasteiger partial charge in [-0.15, -0.1) is 0 Å². The first-order chi connectivity index (χ1) is 7.93. The molecule has 1 nitrogen and oxygen atoms in total. The molecule has 0 radical (unpaired) electrons. The van der Waals surface area contributed by atoms with Gasteiger partial charge in [-0.3, -0.25) is 0 Å². The molecule has 96 valence electrons. The molecule has 0 aliphatic heterocycles. The van der Waals surface area contributed by atoms with E-state index in [1.54, 1.807) is 12.1 Å². The van der Waals surface area contributed by atoms with Gasteiger partial charge in [0.15, 0.2) is 0 Å². The molecular weight excluding hydrogens is 213 g/mol. The highest BCUT2D eigenvalue weighted by molar-refractivity contribution is 5.16. The zero-order chi connectivity index (χ0) is 12.9. The van der Waals surface area contributed by atoms with Crippen LogP contribution in [0.3, 0.4) is 0 Å². The lowest BCUT2D eigenvalue weighted by Gasteiger charge is -2.30. The Morgan fingerprint density at radius 3 is 2.53 bits per heavy atom. The number of hydrogen-bond acceptors (Lipinski definition) is 1. The number of hydrogen-bond donors (Lipinski definition) is 1. The summed E-state index contributed by atoms with van der Waals surface area (Å²) in [5, 5.41) is 3.37. The van der Waals surface area contributed by atoms with Crippen LogP contribution in [0.4, 0.5) is 4.39 Å². The minimum atomic E-state index is -0.136. The molecule has 0 saturated carbocycles. The smallest absolute Gasteiger partial charge is 0.123 e. The topological polar surface area (TPSA) is 12.0 Å². The van der Waals surface area contributed by atoms with Gasteiger partial charge in [0, 0.05) is 6.04 Å². The summed E-state index contributed by atoms with van der Waals surface area (Å²) in [7, 11) is 2.01. The minimum absolute atomic E-state index is 0.136. The summed E-state index contributed by atoms with van der Waals surface area (Å²) >= 11 is 0. The predicted molar refractivity (Wildman–Crippen MR) is 71.6 cm³/mol. The van der Waals surface area contributed by atoms with Crippen LogP contribution in [-0.2, 0) is 6.42 Å². The second-order valence-corrected chi connectivity index (χ2v) is 5.73. The third-order valence-corrected chi connectivity index (χ3v) is 3.24. The maximum absolute atomic E-state index is 13.0. The van der Waals surface area contributed by atoms with Gasteiger partial charge in [-0.2, -0.15) is 0 Å². The Morgan fingerprint density at radius 2 is 2.00 bits per heavy atom. The molecule has 1 atom stereocenters. The van der Waals surface area contributed by atoms with Crippen LogP contribution in [0.25, 0.3) is 0 Å². The van der Waals surface area contributed by atoms with Crippen LogP contribution >= 0.6 is 0 Å². The largest absolute Gasteiger partial charge is 0.316 e. The Kier molecular flexibility index (Phi) is 5.13. The van der Waals surface area contributed by atoms with Crippen molar-refractivity contribution < 1.29 is 4.39 Å². The number of rotatable bonds is 5. The number of benzene rings is 1. The Bertz CT molecular complexity index is 341. The molecule has 0 aromatic heterocycles. The molecular formula is C15H24FN. The molecule has 0 heterocycles. The van der Waals surface area contributed by atoms with Gasteiger partial charge in [0.05, 0.1) is 0 Å². The normalized spacial score (nSPS) is 13.7. The number of nitrogens with one attached hydrogen (secondary N) is 1. The van der Waals surface area contributed by atoms with Gasteiger partial charge in [0.1, 0.15) is 5.82 Å². The second kappa shape index (κ2) is 6.15. The van der Waals surface area contributed by atoms with E-state index < -0.39 is 0 Å². The summed E-state index contributed by atoms with van der Waals surface area (Å²) in [6.45, 7) is 6.74. The molecule has 0 bridgehead atoms. The minimum Gasteiger partial charge on any atom is -0.316 e. The Morgan fingerprint density at radius 1 is 1.29 bits per heavy atom. The summed E-state index contributed by atoms with van der Waals surface area (Å²) in [5.41, 5.74) is 1.37. The maximum Gasteiger partial charge on any atom is 0.123 e. The molecule has 17 heavy (non-hydrogen) atoms. The highest BCUT2D eigenvalue weighted by Crippen LogP contribution is 2.23. The molecule has 2 heteroatoms. The summed E-state index contributed by atoms with van der Waals surface area (Å²) < 4.78 is 13.0. The first kappa shape index (κ1) is 14.2. The van der Waals surface area contributed by atoms with Crippen molar-refractivity contribution >= 4 is 0 Å². The van der Waals surface area contributed by atoms with Crippen molar-refractivity contribution in [3.63, 3.8) is 0 Å². The van der Waals surface area contributed by atoms with Crippen LogP contribution in [0, 0.1) is 11.2 Å². The molecule has 0 saturated heterocycles. The molecule has 0 amide bonds. The molecule has 0 aliphatic rings. The van der Waals surface area contributed by atoms with E-state index >= 15 is 0 Å². The predicted octanol–water partition coefficient (Wildman–Crippen LogP) is 3.78. The quantitative estimate of drug-likeness (QED) is 0.821. The third-order valence-electron chi connectivity index (χ3n) is 3.24. The van der Waals surface area contributed by atoms with Gasteiger partial charge >= 0.3 is 0 Å². The lowest BCUT2D eigenvalue weighted by atomic mass is 9.83. The molecule has 1 N–H and O–H groups in total. The van der Waals surface area contributed by atoms with Crippen molar-refractivity contribution in [1.82, 2.24) is 5.32 Å². The van der Waals surface area contributed by atoms with Crippen molar-refractivity contribution in [2.45, 2.75) is 46.1 Å². The molecule has 1 aromatic carbocycles. The third kappa shape index (κ3) is 4.86. The average Bonchev–Trinajstić information content (AvgIpc) is 2.22. The SMILES string of the molecule is CNC(CCCc1cccc(F)c1)C(C)(C)C. The lowest BCUT2D eigenvalue weighted by Crippen LogP contribution is -2.37. The van der Waals surface area contributed by atoms with Crippen molar-refractivity contribution in [2.75, 3.05) is 7.05 Å². The summed E-state index contributed by atoms with van der Waals surface area (Å²) in [4.78, 5) is 0. The van der Waals surface area contributed by atoms with Crippen LogP contribution in [0.5, 0.6) is 0 Å². The molecule has 0 spiro atoms.